The molecule has 8 heteroatoms. The second-order valence-electron chi connectivity index (χ2n) is 7.27. The molecule has 0 fully saturated rings. The van der Waals surface area contributed by atoms with Gasteiger partial charge < -0.3 is 14.6 Å². The Balaban J connectivity index is 1.90. The van der Waals surface area contributed by atoms with Crippen molar-refractivity contribution in [1.82, 2.24) is 24.4 Å². The van der Waals surface area contributed by atoms with Crippen LogP contribution in [-0.2, 0) is 13.1 Å². The Morgan fingerprint density at radius 3 is 2.67 bits per heavy atom. The average Bonchev–Trinajstić information content (AvgIpc) is 3.15. The molecule has 7 nitrogen and oxygen atoms in total. The maximum Gasteiger partial charge on any atom is 0.226 e. The summed E-state index contributed by atoms with van der Waals surface area (Å²) in [4.78, 5) is 15.5. The molecule has 0 radical (unpaired) electrons. The van der Waals surface area contributed by atoms with E-state index in [4.69, 9.17) is 16.3 Å². The lowest BCUT2D eigenvalue weighted by molar-refractivity contribution is 0.295. The van der Waals surface area contributed by atoms with E-state index in [1.54, 1.807) is 13.4 Å². The normalized spacial score (nSPS) is 11.4. The highest BCUT2D eigenvalue weighted by molar-refractivity contribution is 6.28. The lowest BCUT2D eigenvalue weighted by Gasteiger charge is -2.19. The van der Waals surface area contributed by atoms with Crippen molar-refractivity contribution in [2.24, 2.45) is 0 Å². The molecule has 2 heterocycles. The number of nitrogens with one attached hydrogen (secondary N) is 1. The molecule has 3 aromatic rings. The minimum absolute atomic E-state index is 0.199. The first-order valence-corrected chi connectivity index (χ1v) is 11.0. The van der Waals surface area contributed by atoms with Gasteiger partial charge in [0.2, 0.25) is 5.28 Å². The van der Waals surface area contributed by atoms with Gasteiger partial charge in [0.1, 0.15) is 11.3 Å². The Hall–Kier alpha value is -2.38. The first-order chi connectivity index (χ1) is 14.6. The molecule has 0 saturated heterocycles. The van der Waals surface area contributed by atoms with Gasteiger partial charge in [-0.15, -0.1) is 0 Å². The molecule has 30 heavy (non-hydrogen) atoms. The number of fused-ring (bicyclic) bond motifs is 1. The first kappa shape index (κ1) is 22.3. The summed E-state index contributed by atoms with van der Waals surface area (Å²) in [5.41, 5.74) is 3.76. The number of hydrogen-bond donors (Lipinski definition) is 1. The third-order valence-corrected chi connectivity index (χ3v) is 5.43. The highest BCUT2D eigenvalue weighted by Gasteiger charge is 2.15. The number of anilines is 1. The van der Waals surface area contributed by atoms with Crippen molar-refractivity contribution in [2.45, 2.75) is 46.7 Å². The van der Waals surface area contributed by atoms with Crippen LogP contribution in [0.5, 0.6) is 5.75 Å². The van der Waals surface area contributed by atoms with Crippen LogP contribution in [0.1, 0.15) is 44.7 Å². The van der Waals surface area contributed by atoms with Crippen LogP contribution in [0, 0.1) is 0 Å². The van der Waals surface area contributed by atoms with Crippen LogP contribution < -0.4 is 10.1 Å². The summed E-state index contributed by atoms with van der Waals surface area (Å²) < 4.78 is 7.75. The van der Waals surface area contributed by atoms with E-state index in [9.17, 15) is 0 Å². The molecule has 0 saturated carbocycles. The van der Waals surface area contributed by atoms with E-state index in [1.807, 2.05) is 4.57 Å². The molecule has 0 unspecified atom stereocenters. The molecule has 1 N–H and O–H groups in total. The minimum atomic E-state index is 0.199. The summed E-state index contributed by atoms with van der Waals surface area (Å²) >= 11 is 6.10. The predicted octanol–water partition coefficient (Wildman–Crippen LogP) is 4.59. The molecule has 0 aliphatic heterocycles. The molecule has 0 bridgehead atoms. The molecule has 162 valence electrons. The topological polar surface area (TPSA) is 68.1 Å². The van der Waals surface area contributed by atoms with Crippen molar-refractivity contribution in [2.75, 3.05) is 32.1 Å². The van der Waals surface area contributed by atoms with Gasteiger partial charge in [-0.1, -0.05) is 39.3 Å². The Morgan fingerprint density at radius 1 is 1.17 bits per heavy atom. The molecule has 0 spiro atoms. The Kier molecular flexibility index (Phi) is 7.87. The number of imidazole rings is 1. The lowest BCUT2D eigenvalue weighted by atomic mass is 10.1. The Morgan fingerprint density at radius 2 is 1.97 bits per heavy atom. The maximum atomic E-state index is 6.10. The second-order valence-corrected chi connectivity index (χ2v) is 7.61. The standard InChI is InChI=1S/C22H31ClN6O/c1-5-8-11-24-20-19-21(27-22(23)26-20)25-15-29(19)14-17-10-9-16(12-18(17)30-4)13-28(6-2)7-3/h9-10,12,15H,5-8,11,13-14H2,1-4H3,(H,24,26,27). The zero-order valence-corrected chi connectivity index (χ0v) is 19.0. The lowest BCUT2D eigenvalue weighted by Crippen LogP contribution is -2.22. The number of aromatic nitrogens is 4. The van der Waals surface area contributed by atoms with E-state index in [1.165, 1.54) is 5.56 Å². The number of nitrogens with zero attached hydrogens (tertiary/aromatic N) is 5. The van der Waals surface area contributed by atoms with Crippen LogP contribution in [0.15, 0.2) is 24.5 Å². The van der Waals surface area contributed by atoms with Crippen LogP contribution >= 0.6 is 11.6 Å². The predicted molar refractivity (Wildman–Crippen MR) is 122 cm³/mol. The van der Waals surface area contributed by atoms with E-state index in [0.717, 1.165) is 55.9 Å². The number of rotatable bonds is 11. The molecule has 2 aromatic heterocycles. The first-order valence-electron chi connectivity index (χ1n) is 10.6. The van der Waals surface area contributed by atoms with Crippen molar-refractivity contribution < 1.29 is 4.74 Å². The van der Waals surface area contributed by atoms with Crippen LogP contribution in [0.2, 0.25) is 5.28 Å². The van der Waals surface area contributed by atoms with Crippen molar-refractivity contribution in [3.8, 4) is 5.75 Å². The Bertz CT molecular complexity index is 970. The fourth-order valence-electron chi connectivity index (χ4n) is 3.49. The summed E-state index contributed by atoms with van der Waals surface area (Å²) in [6.45, 7) is 10.9. The molecule has 1 aromatic carbocycles. The van der Waals surface area contributed by atoms with Crippen LogP contribution in [0.3, 0.4) is 0 Å². The number of hydrogen-bond acceptors (Lipinski definition) is 6. The number of unbranched alkanes of at least 4 members (excludes halogenated alkanes) is 1. The monoisotopic (exact) mass is 430 g/mol. The number of benzene rings is 1. The van der Waals surface area contributed by atoms with Gasteiger partial charge in [0.15, 0.2) is 11.5 Å². The highest BCUT2D eigenvalue weighted by atomic mass is 35.5. The third-order valence-electron chi connectivity index (χ3n) is 5.26. The number of halogens is 1. The van der Waals surface area contributed by atoms with Crippen LogP contribution in [0.25, 0.3) is 11.2 Å². The smallest absolute Gasteiger partial charge is 0.226 e. The fourth-order valence-corrected chi connectivity index (χ4v) is 3.65. The number of methoxy groups -OCH3 is 1. The molecular formula is C22H31ClN6O. The van der Waals surface area contributed by atoms with E-state index in [0.29, 0.717) is 18.0 Å². The summed E-state index contributed by atoms with van der Waals surface area (Å²) in [5.74, 6) is 1.59. The SMILES string of the molecule is CCCCNc1nc(Cl)nc2ncn(Cc3ccc(CN(CC)CC)cc3OC)c12. The molecule has 0 aliphatic rings. The fraction of sp³-hybridized carbons (Fsp3) is 0.500. The third kappa shape index (κ3) is 5.21. The van der Waals surface area contributed by atoms with Crippen molar-refractivity contribution in [3.05, 3.63) is 40.9 Å². The summed E-state index contributed by atoms with van der Waals surface area (Å²) in [5, 5.41) is 3.58. The van der Waals surface area contributed by atoms with Gasteiger partial charge >= 0.3 is 0 Å². The highest BCUT2D eigenvalue weighted by Crippen LogP contribution is 2.26. The Labute approximate surface area is 183 Å². The minimum Gasteiger partial charge on any atom is -0.496 e. The van der Waals surface area contributed by atoms with E-state index >= 15 is 0 Å². The van der Waals surface area contributed by atoms with E-state index in [2.05, 4.69) is 64.1 Å². The van der Waals surface area contributed by atoms with Gasteiger partial charge in [-0.05, 0) is 42.7 Å². The van der Waals surface area contributed by atoms with Gasteiger partial charge in [-0.3, -0.25) is 4.90 Å². The summed E-state index contributed by atoms with van der Waals surface area (Å²) in [6, 6.07) is 6.42. The van der Waals surface area contributed by atoms with E-state index in [-0.39, 0.29) is 5.28 Å². The van der Waals surface area contributed by atoms with Gasteiger partial charge in [0.25, 0.3) is 0 Å². The molecule has 0 atom stereocenters. The van der Waals surface area contributed by atoms with Crippen molar-refractivity contribution in [3.63, 3.8) is 0 Å². The van der Waals surface area contributed by atoms with Crippen molar-refractivity contribution in [1.29, 1.82) is 0 Å². The summed E-state index contributed by atoms with van der Waals surface area (Å²) in [7, 11) is 1.71. The number of ether oxygens (including phenoxy) is 1. The van der Waals surface area contributed by atoms with Gasteiger partial charge in [-0.2, -0.15) is 9.97 Å². The molecule has 0 amide bonds. The molecule has 0 aliphatic carbocycles. The zero-order valence-electron chi connectivity index (χ0n) is 18.3. The molecule has 3 rings (SSSR count). The molecular weight excluding hydrogens is 400 g/mol. The average molecular weight is 431 g/mol. The maximum absolute atomic E-state index is 6.10. The van der Waals surface area contributed by atoms with Crippen LogP contribution in [-0.4, -0.2) is 51.2 Å². The van der Waals surface area contributed by atoms with Crippen molar-refractivity contribution >= 4 is 28.6 Å². The van der Waals surface area contributed by atoms with Gasteiger partial charge in [-0.25, -0.2) is 4.98 Å². The van der Waals surface area contributed by atoms with Gasteiger partial charge in [0, 0.05) is 18.7 Å². The van der Waals surface area contributed by atoms with Crippen LogP contribution in [0.4, 0.5) is 5.82 Å². The second kappa shape index (κ2) is 10.6. The summed E-state index contributed by atoms with van der Waals surface area (Å²) in [6.07, 6.45) is 3.94. The van der Waals surface area contributed by atoms with E-state index < -0.39 is 0 Å². The quantitative estimate of drug-likeness (QED) is 0.354. The zero-order chi connectivity index (χ0) is 21.5. The van der Waals surface area contributed by atoms with Gasteiger partial charge in [0.05, 0.1) is 20.0 Å². The largest absolute Gasteiger partial charge is 0.496 e.